The van der Waals surface area contributed by atoms with Gasteiger partial charge in [0.05, 0.1) is 6.10 Å². The summed E-state index contributed by atoms with van der Waals surface area (Å²) in [6, 6.07) is 7.93. The molecule has 1 atom stereocenters. The first-order valence-corrected chi connectivity index (χ1v) is 6.93. The first-order chi connectivity index (χ1) is 7.76. The van der Waals surface area contributed by atoms with Crippen molar-refractivity contribution in [2.75, 3.05) is 18.9 Å². The number of rotatable bonds is 7. The standard InChI is InChI=1S/C12H18ClNOS/c1-2-15-12(7-14)9-16-8-10-3-5-11(13)6-4-10/h3-6,12H,2,7-9,14H2,1H3. The van der Waals surface area contributed by atoms with Crippen LogP contribution in [0.3, 0.4) is 0 Å². The molecule has 0 saturated carbocycles. The summed E-state index contributed by atoms with van der Waals surface area (Å²) < 4.78 is 5.48. The van der Waals surface area contributed by atoms with E-state index >= 15 is 0 Å². The summed E-state index contributed by atoms with van der Waals surface area (Å²) in [6.45, 7) is 3.30. The van der Waals surface area contributed by atoms with Gasteiger partial charge in [-0.3, -0.25) is 0 Å². The van der Waals surface area contributed by atoms with E-state index in [1.165, 1.54) is 5.56 Å². The summed E-state index contributed by atoms with van der Waals surface area (Å²) in [5, 5.41) is 0.780. The van der Waals surface area contributed by atoms with Crippen molar-refractivity contribution in [1.29, 1.82) is 0 Å². The summed E-state index contributed by atoms with van der Waals surface area (Å²) in [4.78, 5) is 0. The maximum absolute atomic E-state index is 5.82. The Bertz CT molecular complexity index is 292. The Morgan fingerprint density at radius 3 is 2.62 bits per heavy atom. The molecule has 0 aliphatic carbocycles. The van der Waals surface area contributed by atoms with Crippen molar-refractivity contribution in [3.63, 3.8) is 0 Å². The molecule has 0 aliphatic rings. The zero-order valence-electron chi connectivity index (χ0n) is 9.49. The largest absolute Gasteiger partial charge is 0.376 e. The molecule has 4 heteroatoms. The molecule has 1 unspecified atom stereocenters. The number of nitrogens with two attached hydrogens (primary N) is 1. The van der Waals surface area contributed by atoms with Crippen LogP contribution in [-0.2, 0) is 10.5 Å². The lowest BCUT2D eigenvalue weighted by Gasteiger charge is -2.14. The molecule has 0 aromatic heterocycles. The topological polar surface area (TPSA) is 35.2 Å². The molecule has 0 fully saturated rings. The van der Waals surface area contributed by atoms with Crippen LogP contribution >= 0.6 is 23.4 Å². The summed E-state index contributed by atoms with van der Waals surface area (Å²) in [5.41, 5.74) is 6.88. The molecule has 0 aliphatic heterocycles. The SMILES string of the molecule is CCOC(CN)CSCc1ccc(Cl)cc1. The number of hydrogen-bond acceptors (Lipinski definition) is 3. The van der Waals surface area contributed by atoms with Crippen LogP contribution in [0.5, 0.6) is 0 Å². The Balaban J connectivity index is 2.26. The van der Waals surface area contributed by atoms with Crippen LogP contribution < -0.4 is 5.73 Å². The molecular weight excluding hydrogens is 242 g/mol. The second-order valence-corrected chi connectivity index (χ2v) is 4.92. The molecular formula is C12H18ClNOS. The molecule has 0 spiro atoms. The van der Waals surface area contributed by atoms with Gasteiger partial charge in [-0.05, 0) is 24.6 Å². The third-order valence-electron chi connectivity index (χ3n) is 2.15. The summed E-state index contributed by atoms with van der Waals surface area (Å²) in [6.07, 6.45) is 0.169. The van der Waals surface area contributed by atoms with Gasteiger partial charge >= 0.3 is 0 Å². The normalized spacial score (nSPS) is 12.7. The molecule has 0 bridgehead atoms. The Labute approximate surface area is 107 Å². The molecule has 0 saturated heterocycles. The van der Waals surface area contributed by atoms with Gasteiger partial charge in [-0.2, -0.15) is 11.8 Å². The smallest absolute Gasteiger partial charge is 0.0787 e. The predicted molar refractivity (Wildman–Crippen MR) is 72.1 cm³/mol. The fraction of sp³-hybridized carbons (Fsp3) is 0.500. The lowest BCUT2D eigenvalue weighted by molar-refractivity contribution is 0.0858. The van der Waals surface area contributed by atoms with Gasteiger partial charge in [-0.1, -0.05) is 23.7 Å². The molecule has 1 rings (SSSR count). The van der Waals surface area contributed by atoms with Crippen LogP contribution in [0.25, 0.3) is 0 Å². The Morgan fingerprint density at radius 2 is 2.06 bits per heavy atom. The lowest BCUT2D eigenvalue weighted by Crippen LogP contribution is -2.26. The monoisotopic (exact) mass is 259 g/mol. The van der Waals surface area contributed by atoms with Gasteiger partial charge in [0.2, 0.25) is 0 Å². The van der Waals surface area contributed by atoms with Gasteiger partial charge in [-0.25, -0.2) is 0 Å². The van der Waals surface area contributed by atoms with E-state index in [0.717, 1.165) is 23.1 Å². The molecule has 16 heavy (non-hydrogen) atoms. The van der Waals surface area contributed by atoms with Crippen LogP contribution in [-0.4, -0.2) is 25.0 Å². The molecule has 0 heterocycles. The maximum Gasteiger partial charge on any atom is 0.0787 e. The zero-order chi connectivity index (χ0) is 11.8. The van der Waals surface area contributed by atoms with E-state index in [2.05, 4.69) is 0 Å². The van der Waals surface area contributed by atoms with E-state index in [0.29, 0.717) is 6.54 Å². The van der Waals surface area contributed by atoms with E-state index in [1.54, 1.807) is 0 Å². The number of hydrogen-bond donors (Lipinski definition) is 1. The number of benzene rings is 1. The highest BCUT2D eigenvalue weighted by atomic mass is 35.5. The number of ether oxygens (including phenoxy) is 1. The minimum Gasteiger partial charge on any atom is -0.376 e. The average molecular weight is 260 g/mol. The highest BCUT2D eigenvalue weighted by Gasteiger charge is 2.05. The van der Waals surface area contributed by atoms with Crippen molar-refractivity contribution >= 4 is 23.4 Å². The van der Waals surface area contributed by atoms with Gasteiger partial charge in [-0.15, -0.1) is 0 Å². The molecule has 2 nitrogen and oxygen atoms in total. The van der Waals surface area contributed by atoms with Gasteiger partial charge in [0.15, 0.2) is 0 Å². The molecule has 1 aromatic carbocycles. The van der Waals surface area contributed by atoms with E-state index in [9.17, 15) is 0 Å². The van der Waals surface area contributed by atoms with Crippen LogP contribution in [0.15, 0.2) is 24.3 Å². The summed E-state index contributed by atoms with van der Waals surface area (Å²) in [7, 11) is 0. The highest BCUT2D eigenvalue weighted by Crippen LogP contribution is 2.16. The Morgan fingerprint density at radius 1 is 1.38 bits per heavy atom. The summed E-state index contributed by atoms with van der Waals surface area (Å²) in [5.74, 6) is 1.91. The molecule has 2 N–H and O–H groups in total. The lowest BCUT2D eigenvalue weighted by atomic mass is 10.2. The third-order valence-corrected chi connectivity index (χ3v) is 3.55. The van der Waals surface area contributed by atoms with Gasteiger partial charge in [0.1, 0.15) is 0 Å². The van der Waals surface area contributed by atoms with Crippen molar-refractivity contribution < 1.29 is 4.74 Å². The van der Waals surface area contributed by atoms with Crippen LogP contribution in [0, 0.1) is 0 Å². The molecule has 0 radical (unpaired) electrons. The Kier molecular flexibility index (Phi) is 6.88. The van der Waals surface area contributed by atoms with E-state index in [4.69, 9.17) is 22.1 Å². The van der Waals surface area contributed by atoms with Gasteiger partial charge < -0.3 is 10.5 Å². The van der Waals surface area contributed by atoms with Crippen molar-refractivity contribution in [1.82, 2.24) is 0 Å². The van der Waals surface area contributed by atoms with Crippen LogP contribution in [0.1, 0.15) is 12.5 Å². The minimum absolute atomic E-state index is 0.169. The first kappa shape index (κ1) is 13.8. The fourth-order valence-corrected chi connectivity index (χ4v) is 2.48. The molecule has 0 amide bonds. The van der Waals surface area contributed by atoms with E-state index in [1.807, 2.05) is 43.0 Å². The van der Waals surface area contributed by atoms with Crippen LogP contribution in [0.2, 0.25) is 5.02 Å². The number of halogens is 1. The van der Waals surface area contributed by atoms with Crippen LogP contribution in [0.4, 0.5) is 0 Å². The van der Waals surface area contributed by atoms with E-state index in [-0.39, 0.29) is 6.10 Å². The fourth-order valence-electron chi connectivity index (χ4n) is 1.31. The number of thioether (sulfide) groups is 1. The third kappa shape index (κ3) is 5.21. The average Bonchev–Trinajstić information content (AvgIpc) is 2.30. The van der Waals surface area contributed by atoms with Gasteiger partial charge in [0, 0.05) is 29.7 Å². The van der Waals surface area contributed by atoms with Crippen molar-refractivity contribution in [2.24, 2.45) is 5.73 Å². The van der Waals surface area contributed by atoms with Crippen molar-refractivity contribution in [2.45, 2.75) is 18.8 Å². The molecule has 1 aromatic rings. The predicted octanol–water partition coefficient (Wildman–Crippen LogP) is 2.94. The van der Waals surface area contributed by atoms with Gasteiger partial charge in [0.25, 0.3) is 0 Å². The van der Waals surface area contributed by atoms with Crippen molar-refractivity contribution in [3.8, 4) is 0 Å². The first-order valence-electron chi connectivity index (χ1n) is 5.40. The maximum atomic E-state index is 5.82. The minimum atomic E-state index is 0.169. The second kappa shape index (κ2) is 7.96. The quantitative estimate of drug-likeness (QED) is 0.818. The highest BCUT2D eigenvalue weighted by molar-refractivity contribution is 7.98. The van der Waals surface area contributed by atoms with E-state index < -0.39 is 0 Å². The van der Waals surface area contributed by atoms with Crippen molar-refractivity contribution in [3.05, 3.63) is 34.9 Å². The molecule has 90 valence electrons. The summed E-state index contributed by atoms with van der Waals surface area (Å²) >= 11 is 7.65. The zero-order valence-corrected chi connectivity index (χ0v) is 11.1. The second-order valence-electron chi connectivity index (χ2n) is 3.45. The Hall–Kier alpha value is -0.220.